The molecule has 1 aromatic rings. The largest absolute Gasteiger partial charge is 0.319 e. The van der Waals surface area contributed by atoms with E-state index in [1.807, 2.05) is 19.3 Å². The van der Waals surface area contributed by atoms with Gasteiger partial charge in [0, 0.05) is 12.4 Å². The molecule has 1 fully saturated rings. The number of nitrogens with zero attached hydrogens (tertiary/aromatic N) is 3. The van der Waals surface area contributed by atoms with Crippen LogP contribution in [0.3, 0.4) is 0 Å². The number of hydrogen-bond donors (Lipinski definition) is 1. The van der Waals surface area contributed by atoms with Crippen molar-refractivity contribution in [3.8, 4) is 6.07 Å². The molecule has 0 bridgehead atoms. The van der Waals surface area contributed by atoms with E-state index >= 15 is 0 Å². The molecular formula is C13H18N4. The summed E-state index contributed by atoms with van der Waals surface area (Å²) in [6.07, 6.45) is 4.95. The fourth-order valence-electron chi connectivity index (χ4n) is 2.47. The summed E-state index contributed by atoms with van der Waals surface area (Å²) in [5.41, 5.74) is 6.51. The third kappa shape index (κ3) is 2.03. The van der Waals surface area contributed by atoms with Crippen LogP contribution >= 0.6 is 0 Å². The van der Waals surface area contributed by atoms with E-state index < -0.39 is 5.54 Å². The molecule has 0 radical (unpaired) electrons. The zero-order chi connectivity index (χ0) is 12.7. The van der Waals surface area contributed by atoms with Crippen molar-refractivity contribution in [3.05, 3.63) is 23.8 Å². The van der Waals surface area contributed by atoms with Crippen LogP contribution in [-0.4, -0.2) is 9.97 Å². The number of hydrogen-bond acceptors (Lipinski definition) is 4. The topological polar surface area (TPSA) is 75.6 Å². The highest BCUT2D eigenvalue weighted by Crippen LogP contribution is 2.50. The van der Waals surface area contributed by atoms with Gasteiger partial charge in [-0.05, 0) is 31.2 Å². The fraction of sp³-hybridized carbons (Fsp3) is 0.615. The van der Waals surface area contributed by atoms with Gasteiger partial charge in [0.05, 0.1) is 17.0 Å². The maximum absolute atomic E-state index is 8.99. The van der Waals surface area contributed by atoms with Crippen LogP contribution in [0.4, 0.5) is 0 Å². The van der Waals surface area contributed by atoms with Crippen LogP contribution in [0, 0.1) is 16.7 Å². The summed E-state index contributed by atoms with van der Waals surface area (Å²) in [5, 5.41) is 8.99. The third-order valence-corrected chi connectivity index (χ3v) is 3.46. The van der Waals surface area contributed by atoms with Crippen LogP contribution in [0.2, 0.25) is 0 Å². The SMILES string of the molecule is CC(C)c1cnc(C2(N)CC(C)(C#N)C2)nc1. The molecule has 1 aromatic heterocycles. The number of nitriles is 1. The summed E-state index contributed by atoms with van der Waals surface area (Å²) in [7, 11) is 0. The van der Waals surface area contributed by atoms with Gasteiger partial charge in [0.1, 0.15) is 5.82 Å². The van der Waals surface area contributed by atoms with Gasteiger partial charge < -0.3 is 5.73 Å². The van der Waals surface area contributed by atoms with Crippen molar-refractivity contribution in [2.75, 3.05) is 0 Å². The van der Waals surface area contributed by atoms with E-state index in [2.05, 4.69) is 29.9 Å². The normalized spacial score (nSPS) is 32.0. The van der Waals surface area contributed by atoms with Gasteiger partial charge in [0.2, 0.25) is 0 Å². The molecule has 1 aliphatic carbocycles. The van der Waals surface area contributed by atoms with E-state index in [4.69, 9.17) is 11.0 Å². The summed E-state index contributed by atoms with van der Waals surface area (Å²) < 4.78 is 0. The van der Waals surface area contributed by atoms with Crippen LogP contribution in [0.25, 0.3) is 0 Å². The third-order valence-electron chi connectivity index (χ3n) is 3.46. The van der Waals surface area contributed by atoms with E-state index in [-0.39, 0.29) is 5.41 Å². The molecular weight excluding hydrogens is 212 g/mol. The Labute approximate surface area is 102 Å². The van der Waals surface area contributed by atoms with Crippen LogP contribution < -0.4 is 5.73 Å². The quantitative estimate of drug-likeness (QED) is 0.844. The van der Waals surface area contributed by atoms with Gasteiger partial charge >= 0.3 is 0 Å². The number of aromatic nitrogens is 2. The van der Waals surface area contributed by atoms with Crippen LogP contribution in [0.5, 0.6) is 0 Å². The first-order chi connectivity index (χ1) is 7.88. The van der Waals surface area contributed by atoms with Crippen molar-refractivity contribution in [2.45, 2.75) is 45.1 Å². The van der Waals surface area contributed by atoms with Gasteiger partial charge in [-0.3, -0.25) is 0 Å². The Bertz CT molecular complexity index is 449. The molecule has 1 aliphatic rings. The van der Waals surface area contributed by atoms with E-state index in [1.54, 1.807) is 0 Å². The smallest absolute Gasteiger partial charge is 0.148 e. The number of rotatable bonds is 2. The molecule has 0 atom stereocenters. The molecule has 0 spiro atoms. The van der Waals surface area contributed by atoms with E-state index in [0.717, 1.165) is 5.56 Å². The molecule has 0 amide bonds. The van der Waals surface area contributed by atoms with Gasteiger partial charge in [-0.2, -0.15) is 5.26 Å². The second kappa shape index (κ2) is 3.78. The second-order valence-electron chi connectivity index (χ2n) is 5.68. The van der Waals surface area contributed by atoms with Crippen molar-refractivity contribution < 1.29 is 0 Å². The molecule has 1 heterocycles. The van der Waals surface area contributed by atoms with Crippen molar-refractivity contribution in [3.63, 3.8) is 0 Å². The van der Waals surface area contributed by atoms with Crippen molar-refractivity contribution in [1.29, 1.82) is 5.26 Å². The first-order valence-corrected chi connectivity index (χ1v) is 5.91. The van der Waals surface area contributed by atoms with E-state index in [9.17, 15) is 0 Å². The van der Waals surface area contributed by atoms with E-state index in [0.29, 0.717) is 24.6 Å². The Morgan fingerprint density at radius 3 is 2.29 bits per heavy atom. The fourth-order valence-corrected chi connectivity index (χ4v) is 2.47. The zero-order valence-corrected chi connectivity index (χ0v) is 10.6. The average Bonchev–Trinajstić information content (AvgIpc) is 2.27. The minimum Gasteiger partial charge on any atom is -0.319 e. The monoisotopic (exact) mass is 230 g/mol. The maximum atomic E-state index is 8.99. The van der Waals surface area contributed by atoms with Gasteiger partial charge in [-0.15, -0.1) is 0 Å². The molecule has 0 saturated heterocycles. The molecule has 0 aromatic carbocycles. The predicted molar refractivity (Wildman–Crippen MR) is 64.9 cm³/mol. The second-order valence-corrected chi connectivity index (χ2v) is 5.68. The molecule has 4 heteroatoms. The Morgan fingerprint density at radius 2 is 1.88 bits per heavy atom. The summed E-state index contributed by atoms with van der Waals surface area (Å²) in [5.74, 6) is 1.08. The Hall–Kier alpha value is -1.47. The van der Waals surface area contributed by atoms with Crippen molar-refractivity contribution in [2.24, 2.45) is 11.1 Å². The molecule has 90 valence electrons. The molecule has 17 heavy (non-hydrogen) atoms. The van der Waals surface area contributed by atoms with Gasteiger partial charge in [0.25, 0.3) is 0 Å². The Kier molecular flexibility index (Phi) is 2.67. The van der Waals surface area contributed by atoms with Crippen molar-refractivity contribution in [1.82, 2.24) is 9.97 Å². The van der Waals surface area contributed by atoms with Crippen LogP contribution in [-0.2, 0) is 5.54 Å². The summed E-state index contributed by atoms with van der Waals surface area (Å²) in [6, 6.07) is 2.30. The lowest BCUT2D eigenvalue weighted by atomic mass is 9.59. The van der Waals surface area contributed by atoms with Gasteiger partial charge in [0.15, 0.2) is 0 Å². The van der Waals surface area contributed by atoms with Crippen LogP contribution in [0.15, 0.2) is 12.4 Å². The lowest BCUT2D eigenvalue weighted by Gasteiger charge is -2.47. The Balaban J connectivity index is 2.18. The lowest BCUT2D eigenvalue weighted by molar-refractivity contribution is 0.0895. The minimum atomic E-state index is -0.514. The summed E-state index contributed by atoms with van der Waals surface area (Å²) in [4.78, 5) is 8.70. The molecule has 1 saturated carbocycles. The first-order valence-electron chi connectivity index (χ1n) is 5.91. The zero-order valence-electron chi connectivity index (χ0n) is 10.6. The highest BCUT2D eigenvalue weighted by molar-refractivity contribution is 5.22. The Morgan fingerprint density at radius 1 is 1.35 bits per heavy atom. The lowest BCUT2D eigenvalue weighted by Crippen LogP contribution is -2.54. The molecule has 2 rings (SSSR count). The van der Waals surface area contributed by atoms with Crippen LogP contribution in [0.1, 0.15) is 50.9 Å². The minimum absolute atomic E-state index is 0.311. The van der Waals surface area contributed by atoms with Gasteiger partial charge in [-0.1, -0.05) is 13.8 Å². The molecule has 0 aliphatic heterocycles. The average molecular weight is 230 g/mol. The molecule has 2 N–H and O–H groups in total. The predicted octanol–water partition coefficient (Wildman–Crippen LogP) is 2.08. The number of nitrogens with two attached hydrogens (primary N) is 1. The maximum Gasteiger partial charge on any atom is 0.148 e. The van der Waals surface area contributed by atoms with Crippen molar-refractivity contribution >= 4 is 0 Å². The molecule has 0 unspecified atom stereocenters. The van der Waals surface area contributed by atoms with Gasteiger partial charge in [-0.25, -0.2) is 9.97 Å². The highest BCUT2D eigenvalue weighted by Gasteiger charge is 2.52. The summed E-state index contributed by atoms with van der Waals surface area (Å²) >= 11 is 0. The molecule has 4 nitrogen and oxygen atoms in total. The highest BCUT2D eigenvalue weighted by atomic mass is 15.0. The van der Waals surface area contributed by atoms with E-state index in [1.165, 1.54) is 0 Å². The first kappa shape index (κ1) is 12.0. The summed E-state index contributed by atoms with van der Waals surface area (Å²) in [6.45, 7) is 6.14. The standard InChI is InChI=1S/C13H18N4/c1-9(2)10-4-16-11(17-5-10)13(15)6-12(3,7-13)8-14/h4-5,9H,6-7,15H2,1-3H3.